The third-order valence-electron chi connectivity index (χ3n) is 3.08. The fourth-order valence-corrected chi connectivity index (χ4v) is 2.16. The van der Waals surface area contributed by atoms with Gasteiger partial charge in [0.2, 0.25) is 0 Å². The summed E-state index contributed by atoms with van der Waals surface area (Å²) in [5.41, 5.74) is 2.47. The zero-order valence-corrected chi connectivity index (χ0v) is 10.2. The summed E-state index contributed by atoms with van der Waals surface area (Å²) in [6.07, 6.45) is 0.722. The predicted octanol–water partition coefficient (Wildman–Crippen LogP) is 3.09. The summed E-state index contributed by atoms with van der Waals surface area (Å²) in [4.78, 5) is 0. The van der Waals surface area contributed by atoms with Crippen LogP contribution >= 0.6 is 0 Å². The van der Waals surface area contributed by atoms with Gasteiger partial charge in [-0.15, -0.1) is 5.10 Å². The highest BCUT2D eigenvalue weighted by atomic mass is 15.1. The molecule has 3 rings (SSSR count). The van der Waals surface area contributed by atoms with Crippen molar-refractivity contribution >= 4 is 10.8 Å². The molecule has 1 aromatic heterocycles. The molecule has 0 radical (unpaired) electrons. The Morgan fingerprint density at radius 1 is 0.842 bits per heavy atom. The summed E-state index contributed by atoms with van der Waals surface area (Å²) in [7, 11) is 0. The summed E-state index contributed by atoms with van der Waals surface area (Å²) < 4.78 is 0. The Bertz CT molecular complexity index is 758. The van der Waals surface area contributed by atoms with Crippen molar-refractivity contribution in [1.82, 2.24) is 10.2 Å². The number of nitriles is 1. The maximum Gasteiger partial charge on any atom is 0.170 e. The van der Waals surface area contributed by atoms with Crippen molar-refractivity contribution < 1.29 is 0 Å². The van der Waals surface area contributed by atoms with Gasteiger partial charge in [-0.2, -0.15) is 10.4 Å². The number of rotatable bonds is 2. The molecule has 0 aliphatic rings. The van der Waals surface area contributed by atoms with Crippen LogP contribution in [0, 0.1) is 11.3 Å². The molecule has 0 atom stereocenters. The van der Waals surface area contributed by atoms with E-state index in [1.807, 2.05) is 42.5 Å². The van der Waals surface area contributed by atoms with Crippen LogP contribution in [0.2, 0.25) is 0 Å². The van der Waals surface area contributed by atoms with Crippen LogP contribution in [0.1, 0.15) is 17.0 Å². The highest BCUT2D eigenvalue weighted by molar-refractivity contribution is 5.88. The zero-order valence-electron chi connectivity index (χ0n) is 10.2. The molecule has 0 fully saturated rings. The first-order valence-electron chi connectivity index (χ1n) is 6.07. The number of benzene rings is 2. The molecule has 3 heteroatoms. The first kappa shape index (κ1) is 11.4. The Hall–Kier alpha value is -2.73. The van der Waals surface area contributed by atoms with Crippen LogP contribution in [-0.2, 0) is 6.42 Å². The minimum atomic E-state index is 0.382. The quantitative estimate of drug-likeness (QED) is 0.697. The molecular weight excluding hydrogens is 234 g/mol. The van der Waals surface area contributed by atoms with Crippen LogP contribution in [0.5, 0.6) is 0 Å². The lowest BCUT2D eigenvalue weighted by Gasteiger charge is -2.05. The molecule has 0 saturated carbocycles. The molecular formula is C16H11N3. The second kappa shape index (κ2) is 4.87. The number of nitrogens with zero attached hydrogens (tertiary/aromatic N) is 3. The van der Waals surface area contributed by atoms with Gasteiger partial charge in [-0.3, -0.25) is 0 Å². The Morgan fingerprint density at radius 2 is 1.53 bits per heavy atom. The van der Waals surface area contributed by atoms with Gasteiger partial charge in [0.25, 0.3) is 0 Å². The molecule has 0 N–H and O–H groups in total. The lowest BCUT2D eigenvalue weighted by Crippen LogP contribution is -1.99. The van der Waals surface area contributed by atoms with Crippen LogP contribution in [0.4, 0.5) is 0 Å². The molecule has 1 heterocycles. The lowest BCUT2D eigenvalue weighted by atomic mass is 10.0. The number of fused-ring (bicyclic) bond motifs is 1. The molecule has 0 amide bonds. The van der Waals surface area contributed by atoms with E-state index in [1.54, 1.807) is 0 Å². The zero-order chi connectivity index (χ0) is 13.1. The number of hydrogen-bond acceptors (Lipinski definition) is 3. The van der Waals surface area contributed by atoms with E-state index in [2.05, 4.69) is 28.4 Å². The standard InChI is InChI=1S/C16H11N3/c17-11-16-14-9-5-4-8-13(14)15(18-19-16)10-12-6-2-1-3-7-12/h1-9H,10H2. The predicted molar refractivity (Wildman–Crippen MR) is 73.5 cm³/mol. The largest absolute Gasteiger partial charge is 0.191 e. The molecule has 3 aromatic rings. The SMILES string of the molecule is N#Cc1nnc(Cc2ccccc2)c2ccccc12. The summed E-state index contributed by atoms with van der Waals surface area (Å²) in [5.74, 6) is 0. The van der Waals surface area contributed by atoms with Crippen LogP contribution in [0.3, 0.4) is 0 Å². The maximum absolute atomic E-state index is 9.06. The number of hydrogen-bond donors (Lipinski definition) is 0. The summed E-state index contributed by atoms with van der Waals surface area (Å²) in [5, 5.41) is 19.1. The van der Waals surface area contributed by atoms with E-state index >= 15 is 0 Å². The Labute approximate surface area is 111 Å². The molecule has 0 aliphatic carbocycles. The highest BCUT2D eigenvalue weighted by Gasteiger charge is 2.08. The Balaban J connectivity index is 2.13. The topological polar surface area (TPSA) is 49.6 Å². The van der Waals surface area contributed by atoms with Gasteiger partial charge in [0.1, 0.15) is 6.07 Å². The van der Waals surface area contributed by atoms with E-state index in [0.29, 0.717) is 5.69 Å². The molecule has 0 saturated heterocycles. The van der Waals surface area contributed by atoms with Gasteiger partial charge in [-0.05, 0) is 5.56 Å². The summed E-state index contributed by atoms with van der Waals surface area (Å²) >= 11 is 0. The smallest absolute Gasteiger partial charge is 0.170 e. The average molecular weight is 245 g/mol. The third-order valence-corrected chi connectivity index (χ3v) is 3.08. The minimum absolute atomic E-state index is 0.382. The second-order valence-corrected chi connectivity index (χ2v) is 4.32. The second-order valence-electron chi connectivity index (χ2n) is 4.32. The van der Waals surface area contributed by atoms with E-state index in [0.717, 1.165) is 22.9 Å². The fourth-order valence-electron chi connectivity index (χ4n) is 2.16. The van der Waals surface area contributed by atoms with Crippen molar-refractivity contribution in [2.45, 2.75) is 6.42 Å². The average Bonchev–Trinajstić information content (AvgIpc) is 2.49. The first-order chi connectivity index (χ1) is 9.38. The van der Waals surface area contributed by atoms with Gasteiger partial charge in [0.05, 0.1) is 5.69 Å². The molecule has 90 valence electrons. The molecule has 0 unspecified atom stereocenters. The van der Waals surface area contributed by atoms with Gasteiger partial charge in [-0.25, -0.2) is 0 Å². The van der Waals surface area contributed by atoms with Crippen LogP contribution < -0.4 is 0 Å². The van der Waals surface area contributed by atoms with Crippen molar-refractivity contribution in [2.75, 3.05) is 0 Å². The lowest BCUT2D eigenvalue weighted by molar-refractivity contribution is 0.947. The molecule has 0 spiro atoms. The van der Waals surface area contributed by atoms with Crippen molar-refractivity contribution in [1.29, 1.82) is 5.26 Å². The molecule has 2 aromatic carbocycles. The molecule has 19 heavy (non-hydrogen) atoms. The molecule has 0 aliphatic heterocycles. The summed E-state index contributed by atoms with van der Waals surface area (Å²) in [6, 6.07) is 20.0. The van der Waals surface area contributed by atoms with Gasteiger partial charge in [-0.1, -0.05) is 54.6 Å². The Morgan fingerprint density at radius 3 is 2.26 bits per heavy atom. The maximum atomic E-state index is 9.06. The van der Waals surface area contributed by atoms with Crippen LogP contribution in [0.25, 0.3) is 10.8 Å². The normalized spacial score (nSPS) is 10.3. The number of aromatic nitrogens is 2. The van der Waals surface area contributed by atoms with Gasteiger partial charge >= 0.3 is 0 Å². The summed E-state index contributed by atoms with van der Waals surface area (Å²) in [6.45, 7) is 0. The monoisotopic (exact) mass is 245 g/mol. The highest BCUT2D eigenvalue weighted by Crippen LogP contribution is 2.20. The van der Waals surface area contributed by atoms with Gasteiger partial charge < -0.3 is 0 Å². The van der Waals surface area contributed by atoms with Crippen molar-refractivity contribution in [3.05, 3.63) is 71.5 Å². The Kier molecular flexibility index (Phi) is 2.91. The van der Waals surface area contributed by atoms with Gasteiger partial charge in [0, 0.05) is 17.2 Å². The van der Waals surface area contributed by atoms with E-state index < -0.39 is 0 Å². The van der Waals surface area contributed by atoms with E-state index in [1.165, 1.54) is 5.56 Å². The molecule has 0 bridgehead atoms. The molecule has 3 nitrogen and oxygen atoms in total. The van der Waals surface area contributed by atoms with Crippen molar-refractivity contribution in [3.8, 4) is 6.07 Å². The van der Waals surface area contributed by atoms with Crippen molar-refractivity contribution in [2.24, 2.45) is 0 Å². The van der Waals surface area contributed by atoms with Crippen LogP contribution in [0.15, 0.2) is 54.6 Å². The third kappa shape index (κ3) is 2.16. The fraction of sp³-hybridized carbons (Fsp3) is 0.0625. The van der Waals surface area contributed by atoms with Crippen molar-refractivity contribution in [3.63, 3.8) is 0 Å². The van der Waals surface area contributed by atoms with E-state index in [9.17, 15) is 0 Å². The minimum Gasteiger partial charge on any atom is -0.191 e. The van der Waals surface area contributed by atoms with Gasteiger partial charge in [0.15, 0.2) is 5.69 Å². The van der Waals surface area contributed by atoms with E-state index in [4.69, 9.17) is 5.26 Å². The first-order valence-corrected chi connectivity index (χ1v) is 6.07. The van der Waals surface area contributed by atoms with E-state index in [-0.39, 0.29) is 0 Å². The van der Waals surface area contributed by atoms with Crippen LogP contribution in [-0.4, -0.2) is 10.2 Å².